The first-order chi connectivity index (χ1) is 31.1. The van der Waals surface area contributed by atoms with E-state index in [0.29, 0.717) is 89.7 Å². The van der Waals surface area contributed by atoms with Gasteiger partial charge in [0.15, 0.2) is 0 Å². The number of benzene rings is 2. The minimum absolute atomic E-state index is 0.00129. The van der Waals surface area contributed by atoms with Crippen molar-refractivity contribution >= 4 is 85.2 Å². The highest BCUT2D eigenvalue weighted by molar-refractivity contribution is 9.10. The molecule has 2 unspecified atom stereocenters. The lowest BCUT2D eigenvalue weighted by atomic mass is 9.83. The number of nitrogens with zero attached hydrogens (tertiary/aromatic N) is 6. The summed E-state index contributed by atoms with van der Waals surface area (Å²) in [6, 6.07) is 9.29. The van der Waals surface area contributed by atoms with Crippen molar-refractivity contribution < 1.29 is 37.4 Å². The number of rotatable bonds is 9. The predicted octanol–water partition coefficient (Wildman–Crippen LogP) is 11.2. The third-order valence-corrected chi connectivity index (χ3v) is 15.5. The number of hydrogen-bond donors (Lipinski definition) is 2. The van der Waals surface area contributed by atoms with E-state index in [4.69, 9.17) is 46.4 Å². The quantitative estimate of drug-likeness (QED) is 0.139. The standard InChI is InChI=1S/C25H25Cl2F2N3O2.C22H20BrCl2F2N3O2/c1-13-15-4-3-5-19(25(2,34)24(28)29)16(15)8-9-31(13)21(33)10-17-22(27)18(14-6-7-14)12-32-23(17)20(26)11-30-32;1-11-12-4-3-5-15(22(2,32)21(26)27)13(12)6-7-29(11)18(31)8-14-19(25)16(23)10-30-20(14)17(24)9-28-30/h3-5,11-14,24,34H,6-10H2,1-2H3;3-5,9-11,21,32H,6-8H2,1-2H3/t13-,25?;11-,22?/m00/s1. The number of hydrogen-bond acceptors (Lipinski definition) is 6. The molecule has 0 bridgehead atoms. The Morgan fingerprint density at radius 3 is 1.56 bits per heavy atom. The zero-order valence-electron chi connectivity index (χ0n) is 36.1. The Morgan fingerprint density at radius 2 is 1.14 bits per heavy atom. The molecule has 3 aliphatic rings. The lowest BCUT2D eigenvalue weighted by Gasteiger charge is -2.38. The second-order valence-electron chi connectivity index (χ2n) is 17.5. The zero-order valence-corrected chi connectivity index (χ0v) is 40.7. The molecular formula is C47H45BrCl4F4N6O4. The number of pyridine rings is 2. The van der Waals surface area contributed by atoms with Gasteiger partial charge in [-0.3, -0.25) is 9.59 Å². The van der Waals surface area contributed by atoms with Crippen molar-refractivity contribution in [3.63, 3.8) is 0 Å². The number of carbonyl (C=O) groups is 2. The summed E-state index contributed by atoms with van der Waals surface area (Å²) in [6.45, 7) is 6.65. The largest absolute Gasteiger partial charge is 0.379 e. The van der Waals surface area contributed by atoms with E-state index in [2.05, 4.69) is 26.1 Å². The van der Waals surface area contributed by atoms with Crippen LogP contribution in [0.15, 0.2) is 65.7 Å². The average Bonchev–Trinajstić information content (AvgIpc) is 3.96. The molecule has 2 N–H and O–H groups in total. The maximum Gasteiger partial charge on any atom is 0.270 e. The Balaban J connectivity index is 0.000000180. The van der Waals surface area contributed by atoms with E-state index in [0.717, 1.165) is 43.4 Å². The number of aromatic nitrogens is 4. The molecule has 1 fully saturated rings. The molecule has 1 aliphatic carbocycles. The molecule has 0 radical (unpaired) electrons. The molecule has 1 saturated carbocycles. The van der Waals surface area contributed by atoms with Crippen LogP contribution in [0, 0.1) is 0 Å². The van der Waals surface area contributed by atoms with Gasteiger partial charge in [0.25, 0.3) is 12.9 Å². The summed E-state index contributed by atoms with van der Waals surface area (Å²) in [5, 5.41) is 31.1. The van der Waals surface area contributed by atoms with Crippen LogP contribution < -0.4 is 0 Å². The van der Waals surface area contributed by atoms with E-state index in [9.17, 15) is 37.4 Å². The fourth-order valence-corrected chi connectivity index (χ4v) is 10.9. The van der Waals surface area contributed by atoms with E-state index >= 15 is 0 Å². The van der Waals surface area contributed by atoms with Gasteiger partial charge in [-0.25, -0.2) is 26.6 Å². The first-order valence-corrected chi connectivity index (χ1v) is 23.6. The summed E-state index contributed by atoms with van der Waals surface area (Å²) >= 11 is 29.3. The zero-order chi connectivity index (χ0) is 47.7. The Morgan fingerprint density at radius 1 is 0.712 bits per heavy atom. The van der Waals surface area contributed by atoms with Crippen LogP contribution in [0.1, 0.15) is 109 Å². The van der Waals surface area contributed by atoms with Crippen LogP contribution in [0.3, 0.4) is 0 Å². The number of aliphatic hydroxyl groups is 2. The summed E-state index contributed by atoms with van der Waals surface area (Å²) in [5.41, 5.74) is 2.15. The summed E-state index contributed by atoms with van der Waals surface area (Å²) in [7, 11) is 0. The van der Waals surface area contributed by atoms with Gasteiger partial charge in [0.05, 0.1) is 72.9 Å². The highest BCUT2D eigenvalue weighted by Crippen LogP contribution is 2.46. The molecule has 6 aromatic rings. The van der Waals surface area contributed by atoms with Crippen LogP contribution in [0.4, 0.5) is 17.6 Å². The van der Waals surface area contributed by atoms with E-state index in [1.54, 1.807) is 43.4 Å². The normalized spacial score (nSPS) is 19.1. The molecule has 0 spiro atoms. The van der Waals surface area contributed by atoms with Gasteiger partial charge in [-0.1, -0.05) is 82.8 Å². The molecule has 0 saturated heterocycles. The van der Waals surface area contributed by atoms with Gasteiger partial charge in [-0.2, -0.15) is 10.2 Å². The van der Waals surface area contributed by atoms with Crippen molar-refractivity contribution in [3.05, 3.63) is 136 Å². The molecule has 4 aromatic heterocycles. The van der Waals surface area contributed by atoms with Crippen molar-refractivity contribution in [1.82, 2.24) is 29.0 Å². The van der Waals surface area contributed by atoms with Crippen LogP contribution in [-0.4, -0.2) is 77.0 Å². The first kappa shape index (κ1) is 48.5. The highest BCUT2D eigenvalue weighted by atomic mass is 79.9. The number of fused-ring (bicyclic) bond motifs is 4. The summed E-state index contributed by atoms with van der Waals surface area (Å²) < 4.78 is 57.8. The highest BCUT2D eigenvalue weighted by Gasteiger charge is 2.41. The topological polar surface area (TPSA) is 116 Å². The summed E-state index contributed by atoms with van der Waals surface area (Å²) in [6.07, 6.45) is 3.67. The van der Waals surface area contributed by atoms with Crippen molar-refractivity contribution in [1.29, 1.82) is 0 Å². The fraction of sp³-hybridized carbons (Fsp3) is 0.404. The van der Waals surface area contributed by atoms with Crippen molar-refractivity contribution in [3.8, 4) is 0 Å². The van der Waals surface area contributed by atoms with Crippen molar-refractivity contribution in [2.75, 3.05) is 13.1 Å². The minimum atomic E-state index is -2.93. The molecule has 2 aliphatic heterocycles. The molecular weight excluding hydrogens is 1010 g/mol. The number of amides is 2. The van der Waals surface area contributed by atoms with Crippen LogP contribution in [0.2, 0.25) is 20.1 Å². The molecule has 66 heavy (non-hydrogen) atoms. The average molecular weight is 1060 g/mol. The molecule has 9 rings (SSSR count). The maximum absolute atomic E-state index is 13.5. The van der Waals surface area contributed by atoms with E-state index in [1.165, 1.54) is 18.3 Å². The van der Waals surface area contributed by atoms with Gasteiger partial charge in [0.2, 0.25) is 11.8 Å². The second-order valence-corrected chi connectivity index (χ2v) is 19.9. The van der Waals surface area contributed by atoms with E-state index in [1.807, 2.05) is 32.2 Å². The third-order valence-electron chi connectivity index (χ3n) is 13.3. The van der Waals surface area contributed by atoms with Crippen LogP contribution >= 0.6 is 62.3 Å². The molecule has 10 nitrogen and oxygen atoms in total. The molecule has 2 aromatic carbocycles. The third kappa shape index (κ3) is 8.71. The van der Waals surface area contributed by atoms with E-state index in [-0.39, 0.29) is 47.9 Å². The first-order valence-electron chi connectivity index (χ1n) is 21.3. The molecule has 19 heteroatoms. The lowest BCUT2D eigenvalue weighted by Crippen LogP contribution is -2.41. The number of halogens is 9. The van der Waals surface area contributed by atoms with Crippen molar-refractivity contribution in [2.24, 2.45) is 0 Å². The van der Waals surface area contributed by atoms with Gasteiger partial charge in [0.1, 0.15) is 11.2 Å². The van der Waals surface area contributed by atoms with Gasteiger partial charge in [-0.15, -0.1) is 0 Å². The molecule has 2 amide bonds. The lowest BCUT2D eigenvalue weighted by molar-refractivity contribution is -0.133. The van der Waals surface area contributed by atoms with Crippen LogP contribution in [0.5, 0.6) is 0 Å². The Labute approximate surface area is 406 Å². The molecule has 6 heterocycles. The monoisotopic (exact) mass is 1050 g/mol. The second kappa shape index (κ2) is 18.5. The van der Waals surface area contributed by atoms with Crippen LogP contribution in [-0.2, 0) is 46.5 Å². The van der Waals surface area contributed by atoms with Crippen molar-refractivity contribution in [2.45, 2.75) is 108 Å². The smallest absolute Gasteiger partial charge is 0.270 e. The molecule has 350 valence electrons. The fourth-order valence-electron chi connectivity index (χ4n) is 9.43. The van der Waals surface area contributed by atoms with Gasteiger partial charge in [0, 0.05) is 36.6 Å². The summed E-state index contributed by atoms with van der Waals surface area (Å²) in [5.74, 6) is 0.0714. The number of carbonyl (C=O) groups excluding carboxylic acids is 2. The van der Waals surface area contributed by atoms with Gasteiger partial charge in [-0.05, 0) is 114 Å². The van der Waals surface area contributed by atoms with Crippen LogP contribution in [0.25, 0.3) is 11.0 Å². The Hall–Kier alpha value is -3.96. The van der Waals surface area contributed by atoms with E-state index < -0.39 is 24.1 Å². The van der Waals surface area contributed by atoms with Gasteiger partial charge >= 0.3 is 0 Å². The predicted molar refractivity (Wildman–Crippen MR) is 249 cm³/mol. The minimum Gasteiger partial charge on any atom is -0.379 e. The number of alkyl halides is 4. The molecule has 4 atom stereocenters. The maximum atomic E-state index is 13.5. The Kier molecular flexibility index (Phi) is 13.6. The Bertz CT molecular complexity index is 2890. The summed E-state index contributed by atoms with van der Waals surface area (Å²) in [4.78, 5) is 30.3. The SMILES string of the molecule is C[C@H]1c2cccc(C(C)(O)C(F)F)c2CCN1C(=O)Cc1c(Cl)c(Br)cn2ncc(Cl)c12.C[C@H]1c2cccc(C(C)(O)C(F)F)c2CCN1C(=O)Cc1c(Cl)c(C2CC2)cn2ncc(Cl)c12. The van der Waals surface area contributed by atoms with Gasteiger partial charge < -0.3 is 20.0 Å².